The summed E-state index contributed by atoms with van der Waals surface area (Å²) in [6.45, 7) is 2.57. The summed E-state index contributed by atoms with van der Waals surface area (Å²) in [6, 6.07) is 15.4. The first kappa shape index (κ1) is 20.4. The van der Waals surface area contributed by atoms with Gasteiger partial charge in [-0.3, -0.25) is 4.79 Å². The van der Waals surface area contributed by atoms with Crippen LogP contribution in [0, 0.1) is 11.3 Å². The first-order chi connectivity index (χ1) is 13.0. The summed E-state index contributed by atoms with van der Waals surface area (Å²) >= 11 is 3.31. The van der Waals surface area contributed by atoms with E-state index in [0.717, 1.165) is 17.3 Å². The van der Waals surface area contributed by atoms with Crippen molar-refractivity contribution in [2.24, 2.45) is 0 Å². The summed E-state index contributed by atoms with van der Waals surface area (Å²) in [4.78, 5) is 24.1. The summed E-state index contributed by atoms with van der Waals surface area (Å²) in [6.07, 6.45) is 3.33. The van der Waals surface area contributed by atoms with Crippen LogP contribution in [0.25, 0.3) is 6.08 Å². The SMILES string of the molecule is CCCCNC(=O)/C(C#N)=C/c1ccc(OC(=O)c2cccc(Br)c2)cc1. The summed E-state index contributed by atoms with van der Waals surface area (Å²) < 4.78 is 6.12. The van der Waals surface area contributed by atoms with E-state index in [9.17, 15) is 14.9 Å². The van der Waals surface area contributed by atoms with Crippen molar-refractivity contribution in [3.05, 3.63) is 69.7 Å². The number of unbranched alkanes of at least 4 members (excludes halogenated alkanes) is 1. The Kier molecular flexibility index (Phi) is 7.78. The molecule has 27 heavy (non-hydrogen) atoms. The maximum Gasteiger partial charge on any atom is 0.343 e. The zero-order valence-corrected chi connectivity index (χ0v) is 16.5. The molecule has 6 heteroatoms. The molecule has 2 aromatic rings. The lowest BCUT2D eigenvalue weighted by Gasteiger charge is -2.06. The molecule has 0 saturated heterocycles. The van der Waals surface area contributed by atoms with Gasteiger partial charge in [0.1, 0.15) is 17.4 Å². The monoisotopic (exact) mass is 426 g/mol. The predicted octanol–water partition coefficient (Wildman–Crippen LogP) is 4.49. The van der Waals surface area contributed by atoms with Crippen molar-refractivity contribution < 1.29 is 14.3 Å². The van der Waals surface area contributed by atoms with Crippen molar-refractivity contribution in [2.45, 2.75) is 19.8 Å². The standard InChI is InChI=1S/C21H19BrN2O3/c1-2-3-11-24-20(25)17(14-23)12-15-7-9-19(10-8-15)27-21(26)16-5-4-6-18(22)13-16/h4-10,12-13H,2-3,11H2,1H3,(H,24,25)/b17-12+. The fourth-order valence-corrected chi connectivity index (χ4v) is 2.60. The molecule has 1 N–H and O–H groups in total. The maximum atomic E-state index is 12.1. The third-order valence-corrected chi connectivity index (χ3v) is 4.14. The summed E-state index contributed by atoms with van der Waals surface area (Å²) in [7, 11) is 0. The van der Waals surface area contributed by atoms with Crippen LogP contribution in [0.1, 0.15) is 35.7 Å². The Bertz CT molecular complexity index is 883. The molecule has 0 aliphatic heterocycles. The molecule has 0 saturated carbocycles. The van der Waals surface area contributed by atoms with E-state index in [0.29, 0.717) is 23.4 Å². The molecule has 2 rings (SSSR count). The molecule has 0 fully saturated rings. The van der Waals surface area contributed by atoms with Gasteiger partial charge in [0.15, 0.2) is 0 Å². The molecule has 0 radical (unpaired) electrons. The largest absolute Gasteiger partial charge is 0.423 e. The quantitative estimate of drug-likeness (QED) is 0.232. The average Bonchev–Trinajstić information content (AvgIpc) is 2.67. The van der Waals surface area contributed by atoms with Gasteiger partial charge < -0.3 is 10.1 Å². The van der Waals surface area contributed by atoms with Crippen LogP contribution in [0.3, 0.4) is 0 Å². The Morgan fingerprint density at radius 2 is 1.96 bits per heavy atom. The van der Waals surface area contributed by atoms with Gasteiger partial charge in [-0.25, -0.2) is 4.79 Å². The van der Waals surface area contributed by atoms with E-state index < -0.39 is 11.9 Å². The van der Waals surface area contributed by atoms with Gasteiger partial charge in [0.05, 0.1) is 5.56 Å². The van der Waals surface area contributed by atoms with Crippen LogP contribution in [-0.4, -0.2) is 18.4 Å². The third-order valence-electron chi connectivity index (χ3n) is 3.64. The van der Waals surface area contributed by atoms with Gasteiger partial charge >= 0.3 is 5.97 Å². The highest BCUT2D eigenvalue weighted by Crippen LogP contribution is 2.18. The number of carbonyl (C=O) groups is 2. The van der Waals surface area contributed by atoms with Crippen molar-refractivity contribution in [1.82, 2.24) is 5.32 Å². The van der Waals surface area contributed by atoms with Gasteiger partial charge in [0, 0.05) is 11.0 Å². The zero-order valence-electron chi connectivity index (χ0n) is 14.9. The number of benzene rings is 2. The van der Waals surface area contributed by atoms with E-state index in [-0.39, 0.29) is 5.57 Å². The molecular weight excluding hydrogens is 408 g/mol. The number of hydrogen-bond acceptors (Lipinski definition) is 4. The second-order valence-electron chi connectivity index (χ2n) is 5.75. The summed E-state index contributed by atoms with van der Waals surface area (Å²) in [5, 5.41) is 11.9. The number of carbonyl (C=O) groups excluding carboxylic acids is 2. The first-order valence-electron chi connectivity index (χ1n) is 8.51. The van der Waals surface area contributed by atoms with Gasteiger partial charge in [-0.05, 0) is 48.4 Å². The van der Waals surface area contributed by atoms with Crippen LogP contribution in [-0.2, 0) is 4.79 Å². The van der Waals surface area contributed by atoms with Gasteiger partial charge in [0.25, 0.3) is 5.91 Å². The second-order valence-corrected chi connectivity index (χ2v) is 6.66. The Morgan fingerprint density at radius 3 is 2.59 bits per heavy atom. The Morgan fingerprint density at radius 1 is 1.22 bits per heavy atom. The molecule has 0 heterocycles. The molecule has 0 atom stereocenters. The Labute approximate surface area is 166 Å². The lowest BCUT2D eigenvalue weighted by atomic mass is 10.1. The Balaban J connectivity index is 2.04. The minimum Gasteiger partial charge on any atom is -0.423 e. The van der Waals surface area contributed by atoms with Crippen molar-refractivity contribution >= 4 is 33.9 Å². The molecular formula is C21H19BrN2O3. The lowest BCUT2D eigenvalue weighted by molar-refractivity contribution is -0.117. The smallest absolute Gasteiger partial charge is 0.343 e. The van der Waals surface area contributed by atoms with E-state index >= 15 is 0 Å². The molecule has 0 bridgehead atoms. The predicted molar refractivity (Wildman–Crippen MR) is 107 cm³/mol. The summed E-state index contributed by atoms with van der Waals surface area (Å²) in [5.74, 6) is -0.480. The van der Waals surface area contributed by atoms with Crippen LogP contribution < -0.4 is 10.1 Å². The van der Waals surface area contributed by atoms with Crippen molar-refractivity contribution in [1.29, 1.82) is 5.26 Å². The van der Waals surface area contributed by atoms with Crippen molar-refractivity contribution in [3.63, 3.8) is 0 Å². The van der Waals surface area contributed by atoms with Crippen LogP contribution in [0.2, 0.25) is 0 Å². The summed E-state index contributed by atoms with van der Waals surface area (Å²) in [5.41, 5.74) is 1.13. The number of rotatable bonds is 7. The van der Waals surface area contributed by atoms with E-state index in [2.05, 4.69) is 21.2 Å². The highest BCUT2D eigenvalue weighted by atomic mass is 79.9. The normalized spacial score (nSPS) is 10.8. The number of nitrogens with one attached hydrogen (secondary N) is 1. The van der Waals surface area contributed by atoms with Crippen LogP contribution in [0.4, 0.5) is 0 Å². The molecule has 0 aliphatic carbocycles. The number of amides is 1. The average molecular weight is 427 g/mol. The van der Waals surface area contributed by atoms with Crippen LogP contribution in [0.15, 0.2) is 58.6 Å². The first-order valence-corrected chi connectivity index (χ1v) is 9.30. The van der Waals surface area contributed by atoms with Crippen LogP contribution >= 0.6 is 15.9 Å². The van der Waals surface area contributed by atoms with Gasteiger partial charge in [0.2, 0.25) is 0 Å². The van der Waals surface area contributed by atoms with Crippen molar-refractivity contribution in [3.8, 4) is 11.8 Å². The molecule has 0 unspecified atom stereocenters. The molecule has 1 amide bonds. The number of nitrogens with zero attached hydrogens (tertiary/aromatic N) is 1. The van der Waals surface area contributed by atoms with E-state index in [4.69, 9.17) is 4.74 Å². The Hall–Kier alpha value is -2.91. The molecule has 138 valence electrons. The minimum absolute atomic E-state index is 0.0324. The highest BCUT2D eigenvalue weighted by Gasteiger charge is 2.10. The van der Waals surface area contributed by atoms with Crippen molar-refractivity contribution in [2.75, 3.05) is 6.54 Å². The number of esters is 1. The number of halogens is 1. The third kappa shape index (κ3) is 6.39. The van der Waals surface area contributed by atoms with E-state index in [1.54, 1.807) is 42.5 Å². The maximum absolute atomic E-state index is 12.1. The molecule has 5 nitrogen and oxygen atoms in total. The molecule has 0 aliphatic rings. The lowest BCUT2D eigenvalue weighted by Crippen LogP contribution is -2.25. The zero-order chi connectivity index (χ0) is 19.6. The van der Waals surface area contributed by atoms with Crippen LogP contribution in [0.5, 0.6) is 5.75 Å². The molecule has 0 aromatic heterocycles. The molecule has 0 spiro atoms. The van der Waals surface area contributed by atoms with Gasteiger partial charge in [-0.2, -0.15) is 5.26 Å². The van der Waals surface area contributed by atoms with Gasteiger partial charge in [-0.1, -0.05) is 47.5 Å². The number of ether oxygens (including phenoxy) is 1. The fourth-order valence-electron chi connectivity index (χ4n) is 2.20. The highest BCUT2D eigenvalue weighted by molar-refractivity contribution is 9.10. The minimum atomic E-state index is -0.465. The van der Waals surface area contributed by atoms with E-state index in [1.165, 1.54) is 6.08 Å². The van der Waals surface area contributed by atoms with E-state index in [1.807, 2.05) is 19.1 Å². The second kappa shape index (κ2) is 10.3. The fraction of sp³-hybridized carbons (Fsp3) is 0.190. The number of hydrogen-bond donors (Lipinski definition) is 1. The topological polar surface area (TPSA) is 79.2 Å². The molecule has 2 aromatic carbocycles. The number of nitriles is 1. The van der Waals surface area contributed by atoms with Gasteiger partial charge in [-0.15, -0.1) is 0 Å².